The summed E-state index contributed by atoms with van der Waals surface area (Å²) in [6.45, 7) is 17.0. The molecular weight excluding hydrogens is 466 g/mol. The van der Waals surface area contributed by atoms with E-state index in [1.165, 1.54) is 4.90 Å². The topological polar surface area (TPSA) is 64.6 Å². The summed E-state index contributed by atoms with van der Waals surface area (Å²) < 4.78 is 12.6. The molecule has 3 fully saturated rings. The van der Waals surface area contributed by atoms with Crippen LogP contribution in [-0.2, 0) is 14.3 Å². The minimum absolute atomic E-state index is 0.213. The van der Waals surface area contributed by atoms with Crippen LogP contribution in [0.4, 0.5) is 17.1 Å². The van der Waals surface area contributed by atoms with Gasteiger partial charge in [0, 0.05) is 6.42 Å². The van der Waals surface area contributed by atoms with Crippen LogP contribution >= 0.6 is 0 Å². The summed E-state index contributed by atoms with van der Waals surface area (Å²) in [5.74, 6) is -0.890. The van der Waals surface area contributed by atoms with E-state index in [0.717, 1.165) is 17.2 Å². The molecule has 3 heterocycles. The fourth-order valence-electron chi connectivity index (χ4n) is 6.65. The number of nitrogens with zero attached hydrogens (tertiary/aromatic N) is 3. The normalized spacial score (nSPS) is 27.8. The SMILES string of the molecule is [C-]#[N+]c1ccc(OCCC23CCC(CC)(O2)[C@@H]2C(=O)N(c4ccc([N+]#[C-])c5ccccc45)C(=O)[C@@H]23)cc1. The summed E-state index contributed by atoms with van der Waals surface area (Å²) in [5.41, 5.74) is 0.152. The molecule has 6 rings (SSSR count). The van der Waals surface area contributed by atoms with Crippen LogP contribution in [0.5, 0.6) is 5.75 Å². The van der Waals surface area contributed by atoms with Gasteiger partial charge in [0.2, 0.25) is 11.8 Å². The van der Waals surface area contributed by atoms with Gasteiger partial charge in [-0.3, -0.25) is 9.59 Å². The first kappa shape index (κ1) is 23.2. The summed E-state index contributed by atoms with van der Waals surface area (Å²) in [5, 5.41) is 1.45. The van der Waals surface area contributed by atoms with Gasteiger partial charge in [0.15, 0.2) is 11.4 Å². The monoisotopic (exact) mass is 491 g/mol. The maximum absolute atomic E-state index is 14.0. The Bertz CT molecular complexity index is 1520. The summed E-state index contributed by atoms with van der Waals surface area (Å²) in [7, 11) is 0. The number of imide groups is 1. The first-order valence-electron chi connectivity index (χ1n) is 12.5. The van der Waals surface area contributed by atoms with Crippen LogP contribution in [-0.4, -0.2) is 29.6 Å². The predicted octanol–water partition coefficient (Wildman–Crippen LogP) is 6.23. The molecule has 2 amide bonds. The van der Waals surface area contributed by atoms with Crippen LogP contribution in [0, 0.1) is 25.0 Å². The van der Waals surface area contributed by atoms with E-state index in [1.54, 1.807) is 36.4 Å². The lowest BCUT2D eigenvalue weighted by molar-refractivity contribution is -0.132. The zero-order chi connectivity index (χ0) is 25.8. The van der Waals surface area contributed by atoms with Gasteiger partial charge in [-0.25, -0.2) is 14.6 Å². The van der Waals surface area contributed by atoms with Crippen molar-refractivity contribution < 1.29 is 19.1 Å². The second-order valence-corrected chi connectivity index (χ2v) is 10.0. The molecule has 3 aliphatic heterocycles. The molecule has 3 aromatic carbocycles. The Morgan fingerprint density at radius 2 is 1.59 bits per heavy atom. The van der Waals surface area contributed by atoms with Gasteiger partial charge in [-0.2, -0.15) is 0 Å². The van der Waals surface area contributed by atoms with E-state index in [4.69, 9.17) is 22.6 Å². The second kappa shape index (κ2) is 8.44. The summed E-state index contributed by atoms with van der Waals surface area (Å²) in [4.78, 5) is 36.4. The van der Waals surface area contributed by atoms with Crippen LogP contribution in [0.15, 0.2) is 60.7 Å². The number of rotatable bonds is 6. The first-order valence-corrected chi connectivity index (χ1v) is 12.5. The highest BCUT2D eigenvalue weighted by molar-refractivity contribution is 6.26. The number of anilines is 1. The molecule has 0 aliphatic carbocycles. The smallest absolute Gasteiger partial charge is 0.240 e. The Morgan fingerprint density at radius 3 is 2.27 bits per heavy atom. The molecule has 0 radical (unpaired) electrons. The van der Waals surface area contributed by atoms with Crippen LogP contribution in [0.1, 0.15) is 32.6 Å². The predicted molar refractivity (Wildman–Crippen MR) is 139 cm³/mol. The van der Waals surface area contributed by atoms with Crippen molar-refractivity contribution in [1.29, 1.82) is 0 Å². The molecule has 3 aromatic rings. The van der Waals surface area contributed by atoms with E-state index in [9.17, 15) is 9.59 Å². The Hall–Kier alpha value is -4.20. The van der Waals surface area contributed by atoms with Gasteiger partial charge in [0.1, 0.15) is 5.75 Å². The highest BCUT2D eigenvalue weighted by Crippen LogP contribution is 2.63. The Labute approximate surface area is 215 Å². The van der Waals surface area contributed by atoms with Crippen molar-refractivity contribution in [1.82, 2.24) is 0 Å². The molecule has 7 heteroatoms. The first-order chi connectivity index (χ1) is 18.0. The Morgan fingerprint density at radius 1 is 0.919 bits per heavy atom. The molecule has 3 saturated heterocycles. The third kappa shape index (κ3) is 3.28. The van der Waals surface area contributed by atoms with Crippen molar-refractivity contribution in [3.63, 3.8) is 0 Å². The number of amides is 2. The second-order valence-electron chi connectivity index (χ2n) is 10.0. The van der Waals surface area contributed by atoms with Crippen molar-refractivity contribution >= 4 is 39.6 Å². The third-order valence-corrected chi connectivity index (χ3v) is 8.42. The molecule has 184 valence electrons. The largest absolute Gasteiger partial charge is 0.494 e. The van der Waals surface area contributed by atoms with E-state index in [1.807, 2.05) is 31.2 Å². The van der Waals surface area contributed by atoms with Crippen molar-refractivity contribution in [3.05, 3.63) is 83.5 Å². The molecule has 0 saturated carbocycles. The van der Waals surface area contributed by atoms with Gasteiger partial charge in [-0.1, -0.05) is 49.4 Å². The van der Waals surface area contributed by atoms with E-state index in [-0.39, 0.29) is 11.8 Å². The summed E-state index contributed by atoms with van der Waals surface area (Å²) in [6, 6.07) is 17.8. The van der Waals surface area contributed by atoms with Crippen molar-refractivity contribution in [2.45, 2.75) is 43.8 Å². The lowest BCUT2D eigenvalue weighted by Gasteiger charge is -2.31. The fourth-order valence-corrected chi connectivity index (χ4v) is 6.65. The zero-order valence-corrected chi connectivity index (χ0v) is 20.4. The highest BCUT2D eigenvalue weighted by Gasteiger charge is 2.74. The van der Waals surface area contributed by atoms with E-state index >= 15 is 0 Å². The van der Waals surface area contributed by atoms with Crippen molar-refractivity contribution in [2.24, 2.45) is 11.8 Å². The molecule has 0 spiro atoms. The quantitative estimate of drug-likeness (QED) is 0.303. The number of hydrogen-bond donors (Lipinski definition) is 0. The lowest BCUT2D eigenvalue weighted by Crippen LogP contribution is -2.43. The van der Waals surface area contributed by atoms with Gasteiger partial charge in [-0.15, -0.1) is 0 Å². The fraction of sp³-hybridized carbons (Fsp3) is 0.333. The maximum atomic E-state index is 14.0. The lowest BCUT2D eigenvalue weighted by atomic mass is 9.66. The van der Waals surface area contributed by atoms with Gasteiger partial charge >= 0.3 is 0 Å². The van der Waals surface area contributed by atoms with Crippen LogP contribution in [0.2, 0.25) is 0 Å². The third-order valence-electron chi connectivity index (χ3n) is 8.42. The number of carbonyl (C=O) groups excluding carboxylic acids is 2. The van der Waals surface area contributed by atoms with Gasteiger partial charge in [0.25, 0.3) is 0 Å². The summed E-state index contributed by atoms with van der Waals surface area (Å²) in [6.07, 6.45) is 2.57. The number of fused-ring (bicyclic) bond motifs is 6. The van der Waals surface area contributed by atoms with Crippen LogP contribution in [0.3, 0.4) is 0 Å². The molecule has 37 heavy (non-hydrogen) atoms. The van der Waals surface area contributed by atoms with Gasteiger partial charge in [0.05, 0.1) is 48.5 Å². The van der Waals surface area contributed by atoms with Crippen LogP contribution < -0.4 is 9.64 Å². The molecule has 3 aliphatic rings. The van der Waals surface area contributed by atoms with Crippen molar-refractivity contribution in [2.75, 3.05) is 11.5 Å². The zero-order valence-electron chi connectivity index (χ0n) is 20.4. The Kier molecular flexibility index (Phi) is 5.29. The number of benzene rings is 3. The summed E-state index contributed by atoms with van der Waals surface area (Å²) >= 11 is 0. The average molecular weight is 492 g/mol. The van der Waals surface area contributed by atoms with Gasteiger partial charge < -0.3 is 9.47 Å². The molecule has 0 aromatic heterocycles. The molecule has 4 atom stereocenters. The average Bonchev–Trinajstić information content (AvgIpc) is 3.55. The molecule has 7 nitrogen and oxygen atoms in total. The van der Waals surface area contributed by atoms with E-state index < -0.39 is 23.0 Å². The number of hydrogen-bond acceptors (Lipinski definition) is 4. The molecule has 0 N–H and O–H groups in total. The van der Waals surface area contributed by atoms with Gasteiger partial charge in [-0.05, 0) is 48.2 Å². The van der Waals surface area contributed by atoms with Crippen LogP contribution in [0.25, 0.3) is 20.5 Å². The number of ether oxygens (including phenoxy) is 2. The highest BCUT2D eigenvalue weighted by atomic mass is 16.5. The standard InChI is InChI=1S/C30H25N3O4/c1-4-29-15-16-30(37-29,17-18-36-20-11-9-19(31-2)10-12-20)26-25(29)27(34)33(28(26)35)24-14-13-23(32-3)21-7-5-6-8-22(21)24/h5-14,25-26H,4,15-18H2,1H3/t25-,26+,29?,30?/m0/s1. The number of carbonyl (C=O) groups is 2. The minimum Gasteiger partial charge on any atom is -0.494 e. The molecule has 2 bridgehead atoms. The molecule has 2 unspecified atom stereocenters. The maximum Gasteiger partial charge on any atom is 0.240 e. The van der Waals surface area contributed by atoms with E-state index in [2.05, 4.69) is 9.69 Å². The Balaban J connectivity index is 1.33. The van der Waals surface area contributed by atoms with E-state index in [0.29, 0.717) is 48.7 Å². The molecular formula is C30H25N3O4. The van der Waals surface area contributed by atoms with Crippen molar-refractivity contribution in [3.8, 4) is 5.75 Å². The minimum atomic E-state index is -0.759.